The second kappa shape index (κ2) is 5.05. The molecule has 2 aromatic carbocycles. The summed E-state index contributed by atoms with van der Waals surface area (Å²) < 4.78 is 6.71. The van der Waals surface area contributed by atoms with Gasteiger partial charge in [-0.2, -0.15) is 4.98 Å². The highest BCUT2D eigenvalue weighted by atomic mass is 79.9. The van der Waals surface area contributed by atoms with Crippen molar-refractivity contribution in [1.29, 1.82) is 0 Å². The fraction of sp³-hybridized carbons (Fsp3) is 0.133. The van der Waals surface area contributed by atoms with E-state index in [2.05, 4.69) is 45.3 Å². The van der Waals surface area contributed by atoms with Gasteiger partial charge in [0.15, 0.2) is 5.58 Å². The van der Waals surface area contributed by atoms with E-state index in [1.807, 2.05) is 30.3 Å². The zero-order valence-electron chi connectivity index (χ0n) is 10.5. The minimum absolute atomic E-state index is 0.519. The number of hydrogen-bond acceptors (Lipinski definition) is 3. The summed E-state index contributed by atoms with van der Waals surface area (Å²) in [5, 5.41) is 3.16. The molecule has 0 fully saturated rings. The number of aryl methyl sites for hydroxylation is 1. The maximum Gasteiger partial charge on any atom is 0.300 e. The summed E-state index contributed by atoms with van der Waals surface area (Å²) in [6, 6.07) is 14.5. The molecule has 0 bridgehead atoms. The minimum atomic E-state index is 0.519. The molecular weight excluding hydrogens is 304 g/mol. The Labute approximate surface area is 119 Å². The predicted molar refractivity (Wildman–Crippen MR) is 80.8 cm³/mol. The number of rotatable bonds is 3. The van der Waals surface area contributed by atoms with E-state index in [0.29, 0.717) is 6.01 Å². The lowest BCUT2D eigenvalue weighted by Crippen LogP contribution is -1.89. The molecule has 1 N–H and O–H groups in total. The van der Waals surface area contributed by atoms with Gasteiger partial charge in [-0.1, -0.05) is 28.9 Å². The lowest BCUT2D eigenvalue weighted by molar-refractivity contribution is 0.623. The van der Waals surface area contributed by atoms with Gasteiger partial charge in [0.2, 0.25) is 0 Å². The summed E-state index contributed by atoms with van der Waals surface area (Å²) in [5.74, 6) is 0. The molecule has 1 aromatic heterocycles. The Morgan fingerprint density at radius 3 is 2.68 bits per heavy atom. The smallest absolute Gasteiger partial charge is 0.300 e. The van der Waals surface area contributed by atoms with Crippen LogP contribution in [0.25, 0.3) is 11.1 Å². The summed E-state index contributed by atoms with van der Waals surface area (Å²) in [6.07, 6.45) is 0.998. The third-order valence-corrected chi connectivity index (χ3v) is 3.48. The van der Waals surface area contributed by atoms with Crippen LogP contribution < -0.4 is 5.32 Å². The van der Waals surface area contributed by atoms with Gasteiger partial charge in [-0.3, -0.25) is 0 Å². The molecule has 0 spiro atoms. The largest absolute Gasteiger partial charge is 0.423 e. The number of fused-ring (bicyclic) bond motifs is 1. The average molecular weight is 317 g/mol. The van der Waals surface area contributed by atoms with Gasteiger partial charge in [0.05, 0.1) is 0 Å². The molecule has 0 unspecified atom stereocenters. The highest BCUT2D eigenvalue weighted by Gasteiger charge is 2.06. The van der Waals surface area contributed by atoms with Crippen LogP contribution in [0, 0.1) is 0 Å². The van der Waals surface area contributed by atoms with E-state index in [0.717, 1.165) is 27.7 Å². The molecule has 4 heteroatoms. The third kappa shape index (κ3) is 2.63. The van der Waals surface area contributed by atoms with Crippen molar-refractivity contribution in [1.82, 2.24) is 4.98 Å². The highest BCUT2D eigenvalue weighted by Crippen LogP contribution is 2.24. The third-order valence-electron chi connectivity index (χ3n) is 2.96. The molecule has 1 heterocycles. The summed E-state index contributed by atoms with van der Waals surface area (Å²) in [7, 11) is 0. The van der Waals surface area contributed by atoms with Crippen molar-refractivity contribution in [3.8, 4) is 0 Å². The van der Waals surface area contributed by atoms with Gasteiger partial charge in [0.1, 0.15) is 5.52 Å². The summed E-state index contributed by atoms with van der Waals surface area (Å²) in [6.45, 7) is 2.13. The van der Waals surface area contributed by atoms with Crippen molar-refractivity contribution in [2.75, 3.05) is 5.32 Å². The fourth-order valence-electron chi connectivity index (χ4n) is 1.90. The van der Waals surface area contributed by atoms with E-state index in [9.17, 15) is 0 Å². The molecule has 0 saturated carbocycles. The van der Waals surface area contributed by atoms with Gasteiger partial charge in [0, 0.05) is 10.2 Å². The quantitative estimate of drug-likeness (QED) is 0.747. The van der Waals surface area contributed by atoms with Crippen molar-refractivity contribution in [3.63, 3.8) is 0 Å². The maximum atomic E-state index is 5.67. The van der Waals surface area contributed by atoms with E-state index in [1.165, 1.54) is 5.56 Å². The van der Waals surface area contributed by atoms with Crippen molar-refractivity contribution < 1.29 is 4.42 Å². The topological polar surface area (TPSA) is 38.1 Å². The summed E-state index contributed by atoms with van der Waals surface area (Å²) >= 11 is 3.41. The lowest BCUT2D eigenvalue weighted by Gasteiger charge is -2.00. The Bertz CT molecular complexity index is 704. The maximum absolute atomic E-state index is 5.67. The van der Waals surface area contributed by atoms with Gasteiger partial charge in [-0.25, -0.2) is 0 Å². The first-order valence-electron chi connectivity index (χ1n) is 6.16. The van der Waals surface area contributed by atoms with Crippen molar-refractivity contribution in [3.05, 3.63) is 52.5 Å². The number of benzene rings is 2. The first kappa shape index (κ1) is 12.2. The molecule has 3 nitrogen and oxygen atoms in total. The molecule has 0 aliphatic rings. The SMILES string of the molecule is CCc1ccc2oc(Nc3ccc(Br)cc3)nc2c1. The number of aromatic nitrogens is 1. The monoisotopic (exact) mass is 316 g/mol. The Hall–Kier alpha value is -1.81. The Morgan fingerprint density at radius 2 is 1.95 bits per heavy atom. The first-order chi connectivity index (χ1) is 9.24. The number of nitrogens with zero attached hydrogens (tertiary/aromatic N) is 1. The van der Waals surface area contributed by atoms with Crippen LogP contribution in [0.5, 0.6) is 0 Å². The van der Waals surface area contributed by atoms with Crippen molar-refractivity contribution in [2.24, 2.45) is 0 Å². The summed E-state index contributed by atoms with van der Waals surface area (Å²) in [5.41, 5.74) is 3.90. The van der Waals surface area contributed by atoms with E-state index < -0.39 is 0 Å². The van der Waals surface area contributed by atoms with E-state index in [4.69, 9.17) is 4.42 Å². The normalized spacial score (nSPS) is 10.8. The molecule has 0 aliphatic carbocycles. The molecule has 0 amide bonds. The van der Waals surface area contributed by atoms with Crippen LogP contribution in [0.1, 0.15) is 12.5 Å². The van der Waals surface area contributed by atoms with E-state index >= 15 is 0 Å². The number of halogens is 1. The molecule has 0 atom stereocenters. The van der Waals surface area contributed by atoms with Crippen LogP contribution in [-0.4, -0.2) is 4.98 Å². The Balaban J connectivity index is 1.90. The van der Waals surface area contributed by atoms with Crippen LogP contribution in [0.3, 0.4) is 0 Å². The van der Waals surface area contributed by atoms with Gasteiger partial charge in [0.25, 0.3) is 6.01 Å². The molecule has 3 aromatic rings. The van der Waals surface area contributed by atoms with E-state index in [1.54, 1.807) is 0 Å². The zero-order chi connectivity index (χ0) is 13.2. The average Bonchev–Trinajstić information content (AvgIpc) is 2.82. The summed E-state index contributed by atoms with van der Waals surface area (Å²) in [4.78, 5) is 4.45. The van der Waals surface area contributed by atoms with Crippen LogP contribution in [0.2, 0.25) is 0 Å². The van der Waals surface area contributed by atoms with Crippen LogP contribution >= 0.6 is 15.9 Å². The fourth-order valence-corrected chi connectivity index (χ4v) is 2.17. The van der Waals surface area contributed by atoms with Crippen molar-refractivity contribution in [2.45, 2.75) is 13.3 Å². The second-order valence-electron chi connectivity index (χ2n) is 4.31. The minimum Gasteiger partial charge on any atom is -0.423 e. The molecule has 3 rings (SSSR count). The van der Waals surface area contributed by atoms with Gasteiger partial charge in [-0.05, 0) is 48.4 Å². The molecule has 0 radical (unpaired) electrons. The van der Waals surface area contributed by atoms with Gasteiger partial charge < -0.3 is 9.73 Å². The molecule has 0 saturated heterocycles. The molecule has 19 heavy (non-hydrogen) atoms. The van der Waals surface area contributed by atoms with Gasteiger partial charge >= 0.3 is 0 Å². The first-order valence-corrected chi connectivity index (χ1v) is 6.96. The number of oxazole rings is 1. The lowest BCUT2D eigenvalue weighted by atomic mass is 10.1. The Morgan fingerprint density at radius 1 is 1.16 bits per heavy atom. The molecule has 96 valence electrons. The van der Waals surface area contributed by atoms with E-state index in [-0.39, 0.29) is 0 Å². The number of anilines is 2. The van der Waals surface area contributed by atoms with Crippen LogP contribution in [0.15, 0.2) is 51.4 Å². The Kier molecular flexibility index (Phi) is 3.25. The predicted octanol–water partition coefficient (Wildman–Crippen LogP) is 4.90. The standard InChI is InChI=1S/C15H13BrN2O/c1-2-10-3-8-14-13(9-10)18-15(19-14)17-12-6-4-11(16)5-7-12/h3-9H,2H2,1H3,(H,17,18). The zero-order valence-corrected chi connectivity index (χ0v) is 12.1. The number of nitrogens with one attached hydrogen (secondary N) is 1. The van der Waals surface area contributed by atoms with Gasteiger partial charge in [-0.15, -0.1) is 0 Å². The van der Waals surface area contributed by atoms with Crippen molar-refractivity contribution >= 4 is 38.7 Å². The number of hydrogen-bond donors (Lipinski definition) is 1. The second-order valence-corrected chi connectivity index (χ2v) is 5.22. The molecule has 0 aliphatic heterocycles. The molecular formula is C15H13BrN2O. The highest BCUT2D eigenvalue weighted by molar-refractivity contribution is 9.10. The van der Waals surface area contributed by atoms with Crippen LogP contribution in [0.4, 0.5) is 11.7 Å². The van der Waals surface area contributed by atoms with Crippen LogP contribution in [-0.2, 0) is 6.42 Å².